The van der Waals surface area contributed by atoms with Gasteiger partial charge in [-0.1, -0.05) is 0 Å². The number of rotatable bonds is 4. The van der Waals surface area contributed by atoms with Crippen molar-refractivity contribution in [3.63, 3.8) is 0 Å². The molecule has 1 N–H and O–H groups in total. The Morgan fingerprint density at radius 2 is 2.14 bits per heavy atom. The smallest absolute Gasteiger partial charge is 0.193 e. The maximum Gasteiger partial charge on any atom is 0.193 e. The number of hydrogen-bond donors (Lipinski definition) is 1. The van der Waals surface area contributed by atoms with Crippen LogP contribution in [0.1, 0.15) is 42.9 Å². The van der Waals surface area contributed by atoms with E-state index in [1.807, 2.05) is 24.9 Å². The topological polar surface area (TPSA) is 76.2 Å². The van der Waals surface area contributed by atoms with Gasteiger partial charge in [-0.2, -0.15) is 5.10 Å². The van der Waals surface area contributed by atoms with Gasteiger partial charge in [-0.3, -0.25) is 9.67 Å². The van der Waals surface area contributed by atoms with Gasteiger partial charge in [0.25, 0.3) is 0 Å². The summed E-state index contributed by atoms with van der Waals surface area (Å²) in [5, 5.41) is 16.3. The summed E-state index contributed by atoms with van der Waals surface area (Å²) < 4.78 is 4.15. The van der Waals surface area contributed by atoms with Crippen molar-refractivity contribution >= 4 is 29.9 Å². The van der Waals surface area contributed by atoms with E-state index in [1.165, 1.54) is 5.56 Å². The van der Waals surface area contributed by atoms with Crippen molar-refractivity contribution in [2.75, 3.05) is 26.2 Å². The second-order valence-electron chi connectivity index (χ2n) is 7.75. The van der Waals surface area contributed by atoms with Gasteiger partial charge in [-0.25, -0.2) is 0 Å². The molecular weight excluding hydrogens is 467 g/mol. The molecule has 2 unspecified atom stereocenters. The largest absolute Gasteiger partial charge is 0.357 e. The third-order valence-corrected chi connectivity index (χ3v) is 5.75. The van der Waals surface area contributed by atoms with Gasteiger partial charge in [0.15, 0.2) is 5.96 Å². The Bertz CT molecular complexity index is 811. The minimum Gasteiger partial charge on any atom is -0.357 e. The zero-order valence-electron chi connectivity index (χ0n) is 17.0. The first-order valence-electron chi connectivity index (χ1n) is 10.0. The lowest BCUT2D eigenvalue weighted by molar-refractivity contribution is 0.367. The van der Waals surface area contributed by atoms with Gasteiger partial charge in [0.2, 0.25) is 0 Å². The molecule has 28 heavy (non-hydrogen) atoms. The lowest BCUT2D eigenvalue weighted by Crippen LogP contribution is -2.40. The quantitative estimate of drug-likeness (QED) is 0.397. The van der Waals surface area contributed by atoms with Crippen LogP contribution in [-0.2, 0) is 20.0 Å². The molecule has 2 aromatic heterocycles. The molecule has 2 aromatic rings. The minimum absolute atomic E-state index is 0. The van der Waals surface area contributed by atoms with Crippen molar-refractivity contribution < 1.29 is 0 Å². The Labute approximate surface area is 183 Å². The Morgan fingerprint density at radius 1 is 1.29 bits per heavy atom. The van der Waals surface area contributed by atoms with Crippen LogP contribution in [-0.4, -0.2) is 61.6 Å². The first-order chi connectivity index (χ1) is 13.1. The van der Waals surface area contributed by atoms with Crippen molar-refractivity contribution in [2.45, 2.75) is 45.6 Å². The van der Waals surface area contributed by atoms with Crippen LogP contribution in [0.2, 0.25) is 0 Å². The number of aromatic nitrogens is 5. The number of hydrogen-bond acceptors (Lipinski definition) is 4. The maximum atomic E-state index is 5.00. The van der Waals surface area contributed by atoms with Crippen molar-refractivity contribution in [1.29, 1.82) is 0 Å². The average molecular weight is 498 g/mol. The Morgan fingerprint density at radius 3 is 2.89 bits per heavy atom. The Kier molecular flexibility index (Phi) is 6.95. The third kappa shape index (κ3) is 4.49. The highest BCUT2D eigenvalue weighted by atomic mass is 127. The molecule has 2 atom stereocenters. The number of fused-ring (bicyclic) bond motifs is 1. The highest BCUT2D eigenvalue weighted by Gasteiger charge is 2.27. The summed E-state index contributed by atoms with van der Waals surface area (Å²) in [6.45, 7) is 8.96. The molecule has 1 saturated heterocycles. The number of likely N-dealkylation sites (tertiary alicyclic amines) is 1. The molecular formula is C19H31IN8. The van der Waals surface area contributed by atoms with Crippen LogP contribution < -0.4 is 5.32 Å². The van der Waals surface area contributed by atoms with Crippen LogP contribution in [0, 0.1) is 12.8 Å². The molecule has 4 heterocycles. The van der Waals surface area contributed by atoms with E-state index in [9.17, 15) is 0 Å². The lowest BCUT2D eigenvalue weighted by Gasteiger charge is -2.25. The van der Waals surface area contributed by atoms with Crippen LogP contribution in [0.4, 0.5) is 0 Å². The van der Waals surface area contributed by atoms with Crippen molar-refractivity contribution in [3.05, 3.63) is 29.6 Å². The zero-order chi connectivity index (χ0) is 18.8. The fourth-order valence-corrected chi connectivity index (χ4v) is 4.20. The standard InChI is InChI=1S/C19H30N8.HI/c1-4-20-19(26-8-7-16(13-26)17-10-22-25(3)12-17)21-9-15-5-6-18-24-23-14(2)27(18)11-15;/h10,12,15-16H,4-9,11,13H2,1-3H3,(H,20,21);1H. The molecule has 0 bridgehead atoms. The van der Waals surface area contributed by atoms with E-state index in [1.54, 1.807) is 0 Å². The first-order valence-corrected chi connectivity index (χ1v) is 10.0. The van der Waals surface area contributed by atoms with Crippen LogP contribution in [0.5, 0.6) is 0 Å². The summed E-state index contributed by atoms with van der Waals surface area (Å²) in [6, 6.07) is 0. The summed E-state index contributed by atoms with van der Waals surface area (Å²) in [5.41, 5.74) is 1.33. The average Bonchev–Trinajstić information content (AvgIpc) is 3.39. The number of aryl methyl sites for hydroxylation is 3. The van der Waals surface area contributed by atoms with Crippen LogP contribution in [0.15, 0.2) is 17.4 Å². The summed E-state index contributed by atoms with van der Waals surface area (Å²) >= 11 is 0. The number of nitrogens with zero attached hydrogens (tertiary/aromatic N) is 7. The van der Waals surface area contributed by atoms with E-state index in [0.29, 0.717) is 11.8 Å². The lowest BCUT2D eigenvalue weighted by atomic mass is 9.99. The summed E-state index contributed by atoms with van der Waals surface area (Å²) in [5.74, 6) is 4.29. The molecule has 0 amide bonds. The third-order valence-electron chi connectivity index (χ3n) is 5.75. The van der Waals surface area contributed by atoms with Crippen LogP contribution in [0.25, 0.3) is 0 Å². The molecule has 9 heteroatoms. The monoisotopic (exact) mass is 498 g/mol. The summed E-state index contributed by atoms with van der Waals surface area (Å²) in [4.78, 5) is 7.40. The molecule has 0 saturated carbocycles. The number of halogens is 1. The van der Waals surface area contributed by atoms with E-state index < -0.39 is 0 Å². The van der Waals surface area contributed by atoms with Crippen LogP contribution in [0.3, 0.4) is 0 Å². The van der Waals surface area contributed by atoms with E-state index in [-0.39, 0.29) is 24.0 Å². The first kappa shape index (κ1) is 21.1. The molecule has 2 aliphatic heterocycles. The fourth-order valence-electron chi connectivity index (χ4n) is 4.20. The molecule has 0 aromatic carbocycles. The van der Waals surface area contributed by atoms with E-state index in [0.717, 1.165) is 69.6 Å². The molecule has 0 aliphatic carbocycles. The van der Waals surface area contributed by atoms with E-state index in [4.69, 9.17) is 4.99 Å². The molecule has 0 spiro atoms. The van der Waals surface area contributed by atoms with E-state index in [2.05, 4.69) is 43.2 Å². The number of nitrogens with one attached hydrogen (secondary N) is 1. The number of guanidine groups is 1. The Balaban J connectivity index is 0.00000225. The predicted molar refractivity (Wildman–Crippen MR) is 120 cm³/mol. The molecule has 154 valence electrons. The number of aliphatic imine (C=N–C) groups is 1. The molecule has 2 aliphatic rings. The molecule has 8 nitrogen and oxygen atoms in total. The maximum absolute atomic E-state index is 5.00. The van der Waals surface area contributed by atoms with Gasteiger partial charge in [-0.15, -0.1) is 34.2 Å². The Hall–Kier alpha value is -1.65. The van der Waals surface area contributed by atoms with Crippen molar-refractivity contribution in [3.8, 4) is 0 Å². The molecule has 4 rings (SSSR count). The van der Waals surface area contributed by atoms with E-state index >= 15 is 0 Å². The van der Waals surface area contributed by atoms with Gasteiger partial charge >= 0.3 is 0 Å². The van der Waals surface area contributed by atoms with Crippen molar-refractivity contribution in [2.24, 2.45) is 18.0 Å². The predicted octanol–water partition coefficient (Wildman–Crippen LogP) is 1.96. The summed E-state index contributed by atoms with van der Waals surface area (Å²) in [7, 11) is 1.98. The normalized spacial score (nSPS) is 22.1. The fraction of sp³-hybridized carbons (Fsp3) is 0.684. The second kappa shape index (κ2) is 9.23. The molecule has 1 fully saturated rings. The highest BCUT2D eigenvalue weighted by Crippen LogP contribution is 2.27. The van der Waals surface area contributed by atoms with Gasteiger partial charge < -0.3 is 14.8 Å². The van der Waals surface area contributed by atoms with Crippen molar-refractivity contribution in [1.82, 2.24) is 34.8 Å². The summed E-state index contributed by atoms with van der Waals surface area (Å²) in [6.07, 6.45) is 7.44. The molecule has 0 radical (unpaired) electrons. The zero-order valence-corrected chi connectivity index (χ0v) is 19.3. The van der Waals surface area contributed by atoms with Gasteiger partial charge in [0.05, 0.1) is 6.20 Å². The van der Waals surface area contributed by atoms with Crippen LogP contribution >= 0.6 is 24.0 Å². The van der Waals surface area contributed by atoms with Gasteiger partial charge in [0, 0.05) is 58.3 Å². The van der Waals surface area contributed by atoms with Gasteiger partial charge in [0.1, 0.15) is 11.6 Å². The second-order valence-corrected chi connectivity index (χ2v) is 7.75. The SMILES string of the molecule is CCNC(=NCC1CCc2nnc(C)n2C1)N1CCC(c2cnn(C)c2)C1.I. The highest BCUT2D eigenvalue weighted by molar-refractivity contribution is 14.0. The van der Waals surface area contributed by atoms with Gasteiger partial charge in [-0.05, 0) is 38.2 Å². The minimum atomic E-state index is 0.